The zero-order chi connectivity index (χ0) is 14.3. The fraction of sp³-hybridized carbons (Fsp3) is 0.667. The van der Waals surface area contributed by atoms with E-state index >= 15 is 0 Å². The van der Waals surface area contributed by atoms with Gasteiger partial charge in [0, 0.05) is 20.1 Å². The van der Waals surface area contributed by atoms with Crippen LogP contribution in [0.5, 0.6) is 5.75 Å². The molecule has 0 bridgehead atoms. The summed E-state index contributed by atoms with van der Waals surface area (Å²) in [5, 5.41) is 0. The third-order valence-corrected chi connectivity index (χ3v) is 5.88. The lowest BCUT2D eigenvalue weighted by Crippen LogP contribution is -2.52. The predicted octanol–water partition coefficient (Wildman–Crippen LogP) is 3.01. The Labute approximate surface area is 127 Å². The van der Waals surface area contributed by atoms with E-state index in [1.807, 2.05) is 7.11 Å². The molecule has 1 saturated carbocycles. The van der Waals surface area contributed by atoms with Crippen molar-refractivity contribution in [1.82, 2.24) is 4.90 Å². The molecule has 1 saturated heterocycles. The maximum atomic E-state index is 5.65. The molecular weight excluding hydrogens is 262 g/mol. The Morgan fingerprint density at radius 3 is 2.86 bits per heavy atom. The summed E-state index contributed by atoms with van der Waals surface area (Å²) < 4.78 is 11.2. The molecule has 114 valence electrons. The highest BCUT2D eigenvalue weighted by molar-refractivity contribution is 5.39. The first kappa shape index (κ1) is 13.6. The Balaban J connectivity index is 1.37. The SMILES string of the molecule is COC1CCC12CCN(Cc1ccc3c(c1)CCO3)CC2. The number of hydrogen-bond acceptors (Lipinski definition) is 3. The fourth-order valence-corrected chi connectivity index (χ4v) is 4.36. The van der Waals surface area contributed by atoms with Gasteiger partial charge in [0.1, 0.15) is 5.75 Å². The lowest BCUT2D eigenvalue weighted by atomic mass is 9.61. The van der Waals surface area contributed by atoms with Gasteiger partial charge < -0.3 is 9.47 Å². The van der Waals surface area contributed by atoms with E-state index in [0.717, 1.165) is 25.3 Å². The van der Waals surface area contributed by atoms with Crippen molar-refractivity contribution in [1.29, 1.82) is 0 Å². The second-order valence-electron chi connectivity index (χ2n) is 6.94. The molecular formula is C18H25NO2. The molecule has 1 aliphatic carbocycles. The van der Waals surface area contributed by atoms with Gasteiger partial charge in [0.15, 0.2) is 0 Å². The van der Waals surface area contributed by atoms with Crippen LogP contribution < -0.4 is 4.74 Å². The number of methoxy groups -OCH3 is 1. The largest absolute Gasteiger partial charge is 0.493 e. The van der Waals surface area contributed by atoms with Gasteiger partial charge in [-0.25, -0.2) is 0 Å². The topological polar surface area (TPSA) is 21.7 Å². The van der Waals surface area contributed by atoms with E-state index in [0.29, 0.717) is 11.5 Å². The van der Waals surface area contributed by atoms with Gasteiger partial charge in [-0.05, 0) is 61.4 Å². The normalized spacial score (nSPS) is 27.2. The number of nitrogens with zero attached hydrogens (tertiary/aromatic N) is 1. The zero-order valence-electron chi connectivity index (χ0n) is 12.9. The van der Waals surface area contributed by atoms with Gasteiger partial charge in [0.05, 0.1) is 12.7 Å². The Morgan fingerprint density at radius 1 is 1.29 bits per heavy atom. The summed E-state index contributed by atoms with van der Waals surface area (Å²) in [6, 6.07) is 6.72. The molecule has 2 heterocycles. The van der Waals surface area contributed by atoms with E-state index in [4.69, 9.17) is 9.47 Å². The molecule has 21 heavy (non-hydrogen) atoms. The molecule has 0 N–H and O–H groups in total. The second-order valence-corrected chi connectivity index (χ2v) is 6.94. The molecule has 4 rings (SSSR count). The van der Waals surface area contributed by atoms with Crippen molar-refractivity contribution in [2.45, 2.75) is 44.8 Å². The average molecular weight is 287 g/mol. The third kappa shape index (κ3) is 2.36. The highest BCUT2D eigenvalue weighted by atomic mass is 16.5. The standard InChI is InChI=1S/C18H25NO2/c1-20-17-4-6-18(17)7-9-19(10-8-18)13-14-2-3-16-15(12-14)5-11-21-16/h2-3,12,17H,4-11,13H2,1H3. The average Bonchev–Trinajstić information content (AvgIpc) is 2.95. The number of piperidine rings is 1. The molecule has 0 aromatic heterocycles. The van der Waals surface area contributed by atoms with E-state index < -0.39 is 0 Å². The Morgan fingerprint density at radius 2 is 2.14 bits per heavy atom. The molecule has 3 heteroatoms. The van der Waals surface area contributed by atoms with Crippen molar-refractivity contribution in [2.24, 2.45) is 5.41 Å². The maximum Gasteiger partial charge on any atom is 0.122 e. The van der Waals surface area contributed by atoms with E-state index in [1.165, 1.54) is 49.9 Å². The number of likely N-dealkylation sites (tertiary alicyclic amines) is 1. The van der Waals surface area contributed by atoms with Crippen LogP contribution in [0.2, 0.25) is 0 Å². The molecule has 1 atom stereocenters. The van der Waals surface area contributed by atoms with Gasteiger partial charge in [-0.1, -0.05) is 12.1 Å². The summed E-state index contributed by atoms with van der Waals surface area (Å²) in [7, 11) is 1.88. The van der Waals surface area contributed by atoms with Crippen LogP contribution in [0.15, 0.2) is 18.2 Å². The third-order valence-electron chi connectivity index (χ3n) is 5.88. The molecule has 3 aliphatic rings. The summed E-state index contributed by atoms with van der Waals surface area (Å²) in [4.78, 5) is 2.60. The molecule has 0 radical (unpaired) electrons. The van der Waals surface area contributed by atoms with Gasteiger partial charge in [-0.3, -0.25) is 4.90 Å². The molecule has 1 unspecified atom stereocenters. The minimum Gasteiger partial charge on any atom is -0.493 e. The van der Waals surface area contributed by atoms with Crippen LogP contribution in [0.3, 0.4) is 0 Å². The summed E-state index contributed by atoms with van der Waals surface area (Å²) in [5.74, 6) is 1.09. The first-order chi connectivity index (χ1) is 10.3. The van der Waals surface area contributed by atoms with Crippen molar-refractivity contribution in [3.8, 4) is 5.75 Å². The van der Waals surface area contributed by atoms with Gasteiger partial charge in [-0.2, -0.15) is 0 Å². The lowest BCUT2D eigenvalue weighted by molar-refractivity contribution is -0.120. The fourth-order valence-electron chi connectivity index (χ4n) is 4.36. The van der Waals surface area contributed by atoms with E-state index in [9.17, 15) is 0 Å². The van der Waals surface area contributed by atoms with Crippen LogP contribution in [0, 0.1) is 5.41 Å². The Hall–Kier alpha value is -1.06. The summed E-state index contributed by atoms with van der Waals surface area (Å²) in [5.41, 5.74) is 3.34. The smallest absolute Gasteiger partial charge is 0.122 e. The zero-order valence-corrected chi connectivity index (χ0v) is 12.9. The quantitative estimate of drug-likeness (QED) is 0.853. The summed E-state index contributed by atoms with van der Waals surface area (Å²) in [6.07, 6.45) is 6.84. The van der Waals surface area contributed by atoms with Gasteiger partial charge >= 0.3 is 0 Å². The van der Waals surface area contributed by atoms with Gasteiger partial charge in [-0.15, -0.1) is 0 Å². The highest BCUT2D eigenvalue weighted by Gasteiger charge is 2.48. The van der Waals surface area contributed by atoms with Gasteiger partial charge in [0.25, 0.3) is 0 Å². The molecule has 0 amide bonds. The van der Waals surface area contributed by atoms with E-state index in [-0.39, 0.29) is 0 Å². The number of ether oxygens (including phenoxy) is 2. The van der Waals surface area contributed by atoms with Crippen LogP contribution in [0.25, 0.3) is 0 Å². The van der Waals surface area contributed by atoms with Crippen LogP contribution in [0.4, 0.5) is 0 Å². The van der Waals surface area contributed by atoms with Crippen molar-refractivity contribution in [2.75, 3.05) is 26.8 Å². The van der Waals surface area contributed by atoms with Crippen LogP contribution in [-0.2, 0) is 17.7 Å². The maximum absolute atomic E-state index is 5.65. The first-order valence-electron chi connectivity index (χ1n) is 8.29. The number of hydrogen-bond donors (Lipinski definition) is 0. The van der Waals surface area contributed by atoms with Crippen molar-refractivity contribution >= 4 is 0 Å². The van der Waals surface area contributed by atoms with E-state index in [1.54, 1.807) is 0 Å². The number of benzene rings is 1. The second kappa shape index (κ2) is 5.29. The van der Waals surface area contributed by atoms with Crippen LogP contribution in [-0.4, -0.2) is 37.8 Å². The molecule has 1 spiro atoms. The Kier molecular flexibility index (Phi) is 3.43. The van der Waals surface area contributed by atoms with E-state index in [2.05, 4.69) is 23.1 Å². The number of rotatable bonds is 3. The summed E-state index contributed by atoms with van der Waals surface area (Å²) >= 11 is 0. The molecule has 2 aliphatic heterocycles. The van der Waals surface area contributed by atoms with Crippen LogP contribution >= 0.6 is 0 Å². The first-order valence-corrected chi connectivity index (χ1v) is 8.29. The predicted molar refractivity (Wildman–Crippen MR) is 82.6 cm³/mol. The lowest BCUT2D eigenvalue weighted by Gasteiger charge is -2.53. The molecule has 1 aromatic carbocycles. The Bertz CT molecular complexity index is 518. The summed E-state index contributed by atoms with van der Waals surface area (Å²) in [6.45, 7) is 4.37. The highest BCUT2D eigenvalue weighted by Crippen LogP contribution is 2.50. The number of fused-ring (bicyclic) bond motifs is 1. The molecule has 1 aromatic rings. The monoisotopic (exact) mass is 287 g/mol. The molecule has 3 nitrogen and oxygen atoms in total. The van der Waals surface area contributed by atoms with Crippen molar-refractivity contribution in [3.05, 3.63) is 29.3 Å². The minimum atomic E-state index is 0.511. The van der Waals surface area contributed by atoms with Gasteiger partial charge in [0.2, 0.25) is 0 Å². The minimum absolute atomic E-state index is 0.511. The van der Waals surface area contributed by atoms with Crippen molar-refractivity contribution < 1.29 is 9.47 Å². The van der Waals surface area contributed by atoms with Crippen molar-refractivity contribution in [3.63, 3.8) is 0 Å². The van der Waals surface area contributed by atoms with Crippen LogP contribution in [0.1, 0.15) is 36.8 Å². The molecule has 2 fully saturated rings.